The van der Waals surface area contributed by atoms with E-state index < -0.39 is 17.6 Å². The van der Waals surface area contributed by atoms with Crippen molar-refractivity contribution in [3.63, 3.8) is 0 Å². The van der Waals surface area contributed by atoms with Crippen LogP contribution in [-0.4, -0.2) is 19.6 Å². The number of amides is 1. The van der Waals surface area contributed by atoms with Crippen molar-refractivity contribution >= 4 is 27.5 Å². The van der Waals surface area contributed by atoms with Gasteiger partial charge < -0.3 is 15.4 Å². The molecule has 0 unspecified atom stereocenters. The van der Waals surface area contributed by atoms with Crippen LogP contribution in [0.1, 0.15) is 27.0 Å². The molecule has 1 amide bonds. The zero-order chi connectivity index (χ0) is 18.9. The third-order valence-electron chi connectivity index (χ3n) is 4.23. The summed E-state index contributed by atoms with van der Waals surface area (Å²) in [4.78, 5) is 12.5. The van der Waals surface area contributed by atoms with Crippen LogP contribution in [0, 0.1) is 0 Å². The van der Waals surface area contributed by atoms with Gasteiger partial charge in [0, 0.05) is 16.6 Å². The monoisotopic (exact) mass is 428 g/mol. The van der Waals surface area contributed by atoms with E-state index >= 15 is 0 Å². The minimum absolute atomic E-state index is 0.0964. The van der Waals surface area contributed by atoms with Crippen molar-refractivity contribution in [2.75, 3.05) is 19.0 Å². The lowest BCUT2D eigenvalue weighted by molar-refractivity contribution is -0.138. The lowest BCUT2D eigenvalue weighted by atomic mass is 10.0. The number of halogens is 4. The molecule has 2 N–H and O–H groups in total. The maximum absolute atomic E-state index is 13.1. The molecule has 2 aromatic rings. The highest BCUT2D eigenvalue weighted by Gasteiger charge is 2.35. The maximum Gasteiger partial charge on any atom is 0.419 e. The van der Waals surface area contributed by atoms with E-state index in [4.69, 9.17) is 4.74 Å². The summed E-state index contributed by atoms with van der Waals surface area (Å²) in [5.74, 6) is -0.947. The lowest BCUT2D eigenvalue weighted by Gasteiger charge is -2.20. The fourth-order valence-corrected chi connectivity index (χ4v) is 3.51. The van der Waals surface area contributed by atoms with Crippen LogP contribution in [0.3, 0.4) is 0 Å². The predicted molar refractivity (Wildman–Crippen MR) is 95.5 cm³/mol. The van der Waals surface area contributed by atoms with Gasteiger partial charge in [0.1, 0.15) is 5.75 Å². The fraction of sp³-hybridized carbons (Fsp3) is 0.278. The fourth-order valence-electron chi connectivity index (χ4n) is 2.88. The summed E-state index contributed by atoms with van der Waals surface area (Å²) in [6.45, 7) is 1.55. The van der Waals surface area contributed by atoms with E-state index in [2.05, 4.69) is 26.6 Å². The molecular formula is C18H16BrF3N2O2. The predicted octanol–water partition coefficient (Wildman–Crippen LogP) is 4.37. The second-order valence-electron chi connectivity index (χ2n) is 5.86. The molecule has 2 aromatic carbocycles. The van der Waals surface area contributed by atoms with Crippen molar-refractivity contribution in [3.05, 3.63) is 57.1 Å². The first kappa shape index (κ1) is 18.7. The van der Waals surface area contributed by atoms with Crippen molar-refractivity contribution in [3.8, 4) is 5.75 Å². The van der Waals surface area contributed by atoms with Crippen LogP contribution in [-0.2, 0) is 19.1 Å². The summed E-state index contributed by atoms with van der Waals surface area (Å²) < 4.78 is 44.9. The zero-order valence-electron chi connectivity index (χ0n) is 13.8. The number of fused-ring (bicyclic) bond motifs is 1. The number of ether oxygens (including phenoxy) is 1. The first-order chi connectivity index (χ1) is 12.3. The molecule has 0 saturated heterocycles. The number of hydrogen-bond donors (Lipinski definition) is 2. The molecule has 1 heterocycles. The van der Waals surface area contributed by atoms with Gasteiger partial charge in [0.15, 0.2) is 0 Å². The highest BCUT2D eigenvalue weighted by atomic mass is 79.9. The van der Waals surface area contributed by atoms with E-state index in [1.54, 1.807) is 6.07 Å². The van der Waals surface area contributed by atoms with E-state index in [-0.39, 0.29) is 11.3 Å². The van der Waals surface area contributed by atoms with Gasteiger partial charge in [-0.3, -0.25) is 4.79 Å². The van der Waals surface area contributed by atoms with E-state index in [9.17, 15) is 18.0 Å². The Morgan fingerprint density at radius 2 is 2.04 bits per heavy atom. The summed E-state index contributed by atoms with van der Waals surface area (Å²) in [5, 5.41) is 5.92. The first-order valence-electron chi connectivity index (χ1n) is 7.89. The number of anilines is 1. The van der Waals surface area contributed by atoms with Crippen LogP contribution in [0.4, 0.5) is 18.9 Å². The smallest absolute Gasteiger partial charge is 0.419 e. The van der Waals surface area contributed by atoms with Gasteiger partial charge in [-0.2, -0.15) is 13.2 Å². The van der Waals surface area contributed by atoms with Gasteiger partial charge in [-0.25, -0.2) is 0 Å². The minimum atomic E-state index is -4.61. The van der Waals surface area contributed by atoms with Crippen molar-refractivity contribution in [1.29, 1.82) is 0 Å². The first-order valence-corrected chi connectivity index (χ1v) is 8.68. The van der Waals surface area contributed by atoms with Crippen LogP contribution in [0.2, 0.25) is 0 Å². The molecule has 0 radical (unpaired) electrons. The van der Waals surface area contributed by atoms with E-state index in [1.807, 2.05) is 6.07 Å². The second kappa shape index (κ2) is 7.28. The Hall–Kier alpha value is -2.06. The van der Waals surface area contributed by atoms with Gasteiger partial charge in [0.05, 0.1) is 18.4 Å². The summed E-state index contributed by atoms with van der Waals surface area (Å²) >= 11 is 3.48. The third kappa shape index (κ3) is 3.71. The van der Waals surface area contributed by atoms with Crippen molar-refractivity contribution in [2.24, 2.45) is 0 Å². The number of carbonyl (C=O) groups excluding carboxylic acids is 1. The topological polar surface area (TPSA) is 50.4 Å². The molecule has 4 nitrogen and oxygen atoms in total. The molecule has 0 saturated carbocycles. The van der Waals surface area contributed by atoms with Crippen LogP contribution >= 0.6 is 15.9 Å². The molecule has 3 rings (SSSR count). The van der Waals surface area contributed by atoms with Crippen LogP contribution in [0.15, 0.2) is 34.8 Å². The molecule has 1 aliphatic rings. The van der Waals surface area contributed by atoms with Crippen LogP contribution < -0.4 is 15.4 Å². The minimum Gasteiger partial charge on any atom is -0.496 e. The molecule has 138 valence electrons. The van der Waals surface area contributed by atoms with Gasteiger partial charge in [0.25, 0.3) is 5.91 Å². The molecule has 0 aromatic heterocycles. The van der Waals surface area contributed by atoms with Crippen molar-refractivity contribution < 1.29 is 22.7 Å². The number of benzene rings is 2. The summed E-state index contributed by atoms with van der Waals surface area (Å²) in [5.41, 5.74) is 1.65. The summed E-state index contributed by atoms with van der Waals surface area (Å²) in [7, 11) is 1.16. The largest absolute Gasteiger partial charge is 0.496 e. The lowest BCUT2D eigenvalue weighted by Crippen LogP contribution is -2.24. The van der Waals surface area contributed by atoms with Gasteiger partial charge in [-0.1, -0.05) is 6.07 Å². The Morgan fingerprint density at radius 1 is 1.27 bits per heavy atom. The van der Waals surface area contributed by atoms with Gasteiger partial charge in [-0.15, -0.1) is 0 Å². The normalized spacial score (nSPS) is 13.9. The molecule has 0 bridgehead atoms. The molecule has 26 heavy (non-hydrogen) atoms. The Bertz CT molecular complexity index is 853. The van der Waals surface area contributed by atoms with Crippen molar-refractivity contribution in [1.82, 2.24) is 5.32 Å². The Kier molecular flexibility index (Phi) is 5.24. The Morgan fingerprint density at radius 3 is 2.73 bits per heavy atom. The van der Waals surface area contributed by atoms with E-state index in [0.29, 0.717) is 12.2 Å². The van der Waals surface area contributed by atoms with Crippen LogP contribution in [0.5, 0.6) is 5.75 Å². The molecule has 0 aliphatic carbocycles. The quantitative estimate of drug-likeness (QED) is 0.762. The molecule has 8 heteroatoms. The van der Waals surface area contributed by atoms with E-state index in [0.717, 1.165) is 42.2 Å². The number of alkyl halides is 3. The number of hydrogen-bond acceptors (Lipinski definition) is 3. The third-order valence-corrected chi connectivity index (χ3v) is 5.13. The highest BCUT2D eigenvalue weighted by molar-refractivity contribution is 9.10. The standard InChI is InChI=1S/C18H16BrF3N2O2/c1-26-15-5-3-11(8-13(15)18(20,21)22)17(25)24-14-4-2-10-6-7-23-9-12(10)16(14)19/h2-5,8,23H,6-7,9H2,1H3,(H,24,25). The Labute approximate surface area is 156 Å². The highest BCUT2D eigenvalue weighted by Crippen LogP contribution is 2.37. The van der Waals surface area contributed by atoms with Crippen LogP contribution in [0.25, 0.3) is 0 Å². The average Bonchev–Trinajstić information content (AvgIpc) is 2.63. The van der Waals surface area contributed by atoms with Crippen molar-refractivity contribution in [2.45, 2.75) is 19.1 Å². The summed E-state index contributed by atoms with van der Waals surface area (Å²) in [6, 6.07) is 6.91. The molecule has 0 spiro atoms. The SMILES string of the molecule is COc1ccc(C(=O)Nc2ccc3c(c2Br)CNCC3)cc1C(F)(F)F. The summed E-state index contributed by atoms with van der Waals surface area (Å²) in [6.07, 6.45) is -3.73. The van der Waals surface area contributed by atoms with Gasteiger partial charge >= 0.3 is 6.18 Å². The Balaban J connectivity index is 1.89. The van der Waals surface area contributed by atoms with E-state index in [1.165, 1.54) is 11.6 Å². The molecular weight excluding hydrogens is 413 g/mol. The number of methoxy groups -OCH3 is 1. The maximum atomic E-state index is 13.1. The molecule has 1 aliphatic heterocycles. The second-order valence-corrected chi connectivity index (χ2v) is 6.65. The average molecular weight is 429 g/mol. The molecule has 0 fully saturated rings. The number of rotatable bonds is 3. The number of carbonyl (C=O) groups is 1. The molecule has 0 atom stereocenters. The van der Waals surface area contributed by atoms with Gasteiger partial charge in [-0.05, 0) is 64.3 Å². The van der Waals surface area contributed by atoms with Gasteiger partial charge in [0.2, 0.25) is 0 Å². The number of nitrogens with one attached hydrogen (secondary N) is 2. The zero-order valence-corrected chi connectivity index (χ0v) is 15.4.